The van der Waals surface area contributed by atoms with E-state index in [0.717, 1.165) is 5.56 Å². The Kier molecular flexibility index (Phi) is 3.77. The summed E-state index contributed by atoms with van der Waals surface area (Å²) >= 11 is 6.06. The number of carbonyl (C=O) groups excluding carboxylic acids is 1. The van der Waals surface area contributed by atoms with Gasteiger partial charge in [-0.15, -0.1) is 0 Å². The van der Waals surface area contributed by atoms with Crippen molar-refractivity contribution in [3.8, 4) is 0 Å². The monoisotopic (exact) mass is 314 g/mol. The van der Waals surface area contributed by atoms with E-state index in [2.05, 4.69) is 10.3 Å². The molecule has 3 rings (SSSR count). The van der Waals surface area contributed by atoms with Gasteiger partial charge in [0.15, 0.2) is 0 Å². The van der Waals surface area contributed by atoms with E-state index >= 15 is 0 Å². The first-order chi connectivity index (χ1) is 10.5. The number of nitrogens with zero attached hydrogens (tertiary/aromatic N) is 1. The minimum atomic E-state index is -0.395. The number of pyridine rings is 1. The molecule has 5 heteroatoms. The fourth-order valence-corrected chi connectivity index (χ4v) is 2.41. The van der Waals surface area contributed by atoms with E-state index in [1.165, 1.54) is 12.1 Å². The first-order valence-corrected chi connectivity index (χ1v) is 7.05. The minimum Gasteiger partial charge on any atom is -0.322 e. The molecule has 0 aliphatic rings. The zero-order chi connectivity index (χ0) is 15.7. The molecule has 0 bridgehead atoms. The fraction of sp³-hybridized carbons (Fsp3) is 0.0588. The molecular formula is C17H12ClFN2O. The molecule has 0 radical (unpaired) electrons. The third-order valence-electron chi connectivity index (χ3n) is 3.37. The van der Waals surface area contributed by atoms with Crippen molar-refractivity contribution in [2.24, 2.45) is 0 Å². The largest absolute Gasteiger partial charge is 0.322 e. The standard InChI is InChI=1S/C17H12ClFN2O/c1-10-4-2-3-5-14(10)21-17(22)13-8-11-6-7-12(19)9-15(11)20-16(13)18/h2-9H,1H3,(H,21,22). The van der Waals surface area contributed by atoms with Crippen LogP contribution in [0.1, 0.15) is 15.9 Å². The van der Waals surface area contributed by atoms with Gasteiger partial charge < -0.3 is 5.32 Å². The van der Waals surface area contributed by atoms with E-state index in [-0.39, 0.29) is 16.6 Å². The number of halogens is 2. The van der Waals surface area contributed by atoms with E-state index in [1.54, 1.807) is 12.1 Å². The van der Waals surface area contributed by atoms with Crippen LogP contribution in [-0.2, 0) is 0 Å². The maximum Gasteiger partial charge on any atom is 0.258 e. The van der Waals surface area contributed by atoms with Gasteiger partial charge in [0.25, 0.3) is 5.91 Å². The average Bonchev–Trinajstić information content (AvgIpc) is 2.48. The number of fused-ring (bicyclic) bond motifs is 1. The number of amides is 1. The Morgan fingerprint density at radius 3 is 2.73 bits per heavy atom. The highest BCUT2D eigenvalue weighted by atomic mass is 35.5. The Morgan fingerprint density at radius 2 is 1.95 bits per heavy atom. The van der Waals surface area contributed by atoms with Gasteiger partial charge >= 0.3 is 0 Å². The van der Waals surface area contributed by atoms with Crippen LogP contribution in [0.2, 0.25) is 5.15 Å². The number of benzene rings is 2. The number of carbonyl (C=O) groups is 1. The van der Waals surface area contributed by atoms with Crippen LogP contribution >= 0.6 is 11.6 Å². The number of aromatic nitrogens is 1. The second-order valence-corrected chi connectivity index (χ2v) is 5.29. The molecule has 0 aliphatic heterocycles. The smallest absolute Gasteiger partial charge is 0.258 e. The second-order valence-electron chi connectivity index (χ2n) is 4.93. The van der Waals surface area contributed by atoms with Crippen LogP contribution in [-0.4, -0.2) is 10.9 Å². The molecule has 0 saturated heterocycles. The van der Waals surface area contributed by atoms with Crippen molar-refractivity contribution in [3.05, 3.63) is 70.6 Å². The van der Waals surface area contributed by atoms with Gasteiger partial charge in [-0.2, -0.15) is 0 Å². The highest BCUT2D eigenvalue weighted by Gasteiger charge is 2.14. The average molecular weight is 315 g/mol. The minimum absolute atomic E-state index is 0.0455. The third-order valence-corrected chi connectivity index (χ3v) is 3.66. The Hall–Kier alpha value is -2.46. The van der Waals surface area contributed by atoms with Gasteiger partial charge in [-0.05, 0) is 36.8 Å². The summed E-state index contributed by atoms with van der Waals surface area (Å²) in [7, 11) is 0. The molecule has 0 unspecified atom stereocenters. The molecule has 3 nitrogen and oxygen atoms in total. The van der Waals surface area contributed by atoms with E-state index in [0.29, 0.717) is 16.6 Å². The van der Waals surface area contributed by atoms with Gasteiger partial charge in [0.05, 0.1) is 11.1 Å². The number of anilines is 1. The van der Waals surface area contributed by atoms with Crippen molar-refractivity contribution in [1.29, 1.82) is 0 Å². The van der Waals surface area contributed by atoms with Crippen LogP contribution in [0.25, 0.3) is 10.9 Å². The number of aryl methyl sites for hydroxylation is 1. The lowest BCUT2D eigenvalue weighted by molar-refractivity contribution is 0.102. The fourth-order valence-electron chi connectivity index (χ4n) is 2.18. The number of hydrogen-bond acceptors (Lipinski definition) is 2. The Balaban J connectivity index is 1.99. The van der Waals surface area contributed by atoms with Crippen molar-refractivity contribution in [2.45, 2.75) is 6.92 Å². The summed E-state index contributed by atoms with van der Waals surface area (Å²) in [6, 6.07) is 13.2. The predicted octanol–water partition coefficient (Wildman–Crippen LogP) is 4.59. The summed E-state index contributed by atoms with van der Waals surface area (Å²) in [5.74, 6) is -0.744. The topological polar surface area (TPSA) is 42.0 Å². The molecule has 1 amide bonds. The molecule has 2 aromatic carbocycles. The van der Waals surface area contributed by atoms with Crippen molar-refractivity contribution < 1.29 is 9.18 Å². The summed E-state index contributed by atoms with van der Waals surface area (Å²) in [6.07, 6.45) is 0. The van der Waals surface area contributed by atoms with Crippen LogP contribution < -0.4 is 5.32 Å². The Bertz CT molecular complexity index is 880. The number of para-hydroxylation sites is 1. The molecule has 22 heavy (non-hydrogen) atoms. The van der Waals surface area contributed by atoms with Crippen LogP contribution in [0.4, 0.5) is 10.1 Å². The van der Waals surface area contributed by atoms with Crippen LogP contribution in [0.3, 0.4) is 0 Å². The molecule has 110 valence electrons. The maximum absolute atomic E-state index is 13.2. The summed E-state index contributed by atoms with van der Waals surface area (Å²) in [5, 5.41) is 3.50. The van der Waals surface area contributed by atoms with Crippen molar-refractivity contribution in [1.82, 2.24) is 4.98 Å². The molecule has 1 aromatic heterocycles. The zero-order valence-electron chi connectivity index (χ0n) is 11.7. The zero-order valence-corrected chi connectivity index (χ0v) is 12.5. The van der Waals surface area contributed by atoms with E-state index in [4.69, 9.17) is 11.6 Å². The second kappa shape index (κ2) is 5.73. The maximum atomic E-state index is 13.2. The third kappa shape index (κ3) is 2.78. The van der Waals surface area contributed by atoms with Crippen molar-refractivity contribution in [2.75, 3.05) is 5.32 Å². The normalized spacial score (nSPS) is 10.7. The van der Waals surface area contributed by atoms with Gasteiger partial charge in [-0.3, -0.25) is 4.79 Å². The highest BCUT2D eigenvalue weighted by Crippen LogP contribution is 2.23. The molecule has 0 saturated carbocycles. The van der Waals surface area contributed by atoms with Gasteiger partial charge in [-0.25, -0.2) is 9.37 Å². The number of hydrogen-bond donors (Lipinski definition) is 1. The lowest BCUT2D eigenvalue weighted by Crippen LogP contribution is -2.14. The quantitative estimate of drug-likeness (QED) is 0.703. The number of nitrogens with one attached hydrogen (secondary N) is 1. The van der Waals surface area contributed by atoms with E-state index in [9.17, 15) is 9.18 Å². The molecule has 0 fully saturated rings. The summed E-state index contributed by atoms with van der Waals surface area (Å²) in [6.45, 7) is 1.90. The number of rotatable bonds is 2. The molecule has 0 aliphatic carbocycles. The highest BCUT2D eigenvalue weighted by molar-refractivity contribution is 6.33. The van der Waals surface area contributed by atoms with E-state index in [1.807, 2.05) is 31.2 Å². The van der Waals surface area contributed by atoms with Gasteiger partial charge in [-0.1, -0.05) is 29.8 Å². The van der Waals surface area contributed by atoms with Gasteiger partial charge in [0, 0.05) is 17.1 Å². The predicted molar refractivity (Wildman–Crippen MR) is 85.8 cm³/mol. The first kappa shape index (κ1) is 14.5. The van der Waals surface area contributed by atoms with Gasteiger partial charge in [0.1, 0.15) is 11.0 Å². The van der Waals surface area contributed by atoms with Gasteiger partial charge in [0.2, 0.25) is 0 Å². The van der Waals surface area contributed by atoms with Crippen molar-refractivity contribution in [3.63, 3.8) is 0 Å². The Labute approximate surface area is 131 Å². The van der Waals surface area contributed by atoms with Crippen LogP contribution in [0.5, 0.6) is 0 Å². The Morgan fingerprint density at radius 1 is 1.18 bits per heavy atom. The molecular weight excluding hydrogens is 303 g/mol. The molecule has 1 N–H and O–H groups in total. The first-order valence-electron chi connectivity index (χ1n) is 6.67. The van der Waals surface area contributed by atoms with Crippen LogP contribution in [0, 0.1) is 12.7 Å². The molecule has 1 heterocycles. The summed E-state index contributed by atoms with van der Waals surface area (Å²) in [4.78, 5) is 16.5. The molecule has 3 aromatic rings. The SMILES string of the molecule is Cc1ccccc1NC(=O)c1cc2ccc(F)cc2nc1Cl. The lowest BCUT2D eigenvalue weighted by Gasteiger charge is -2.09. The van der Waals surface area contributed by atoms with Crippen molar-refractivity contribution >= 4 is 34.1 Å². The molecule has 0 spiro atoms. The molecule has 0 atom stereocenters. The lowest BCUT2D eigenvalue weighted by atomic mass is 10.1. The van der Waals surface area contributed by atoms with E-state index < -0.39 is 5.82 Å². The van der Waals surface area contributed by atoms with Crippen LogP contribution in [0.15, 0.2) is 48.5 Å². The summed E-state index contributed by atoms with van der Waals surface area (Å²) in [5.41, 5.74) is 2.33. The summed E-state index contributed by atoms with van der Waals surface area (Å²) < 4.78 is 13.2.